The summed E-state index contributed by atoms with van der Waals surface area (Å²) in [5.74, 6) is 1.47. The summed E-state index contributed by atoms with van der Waals surface area (Å²) in [7, 11) is 3.04. The average Bonchev–Trinajstić information content (AvgIpc) is 2.56. The molecule has 23 heavy (non-hydrogen) atoms. The Kier molecular flexibility index (Phi) is 3.70. The topological polar surface area (TPSA) is 68.9 Å². The van der Waals surface area contributed by atoms with Crippen molar-refractivity contribution < 1.29 is 19.0 Å². The number of phenols is 1. The molecule has 118 valence electrons. The van der Waals surface area contributed by atoms with E-state index in [9.17, 15) is 9.90 Å². The van der Waals surface area contributed by atoms with E-state index >= 15 is 0 Å². The van der Waals surface area contributed by atoms with Crippen molar-refractivity contribution in [3.05, 3.63) is 52.2 Å². The Bertz CT molecular complexity index is 923. The van der Waals surface area contributed by atoms with Gasteiger partial charge in [-0.25, -0.2) is 0 Å². The van der Waals surface area contributed by atoms with E-state index in [1.165, 1.54) is 19.2 Å². The smallest absolute Gasteiger partial charge is 0.197 e. The summed E-state index contributed by atoms with van der Waals surface area (Å²) in [4.78, 5) is 12.5. The summed E-state index contributed by atoms with van der Waals surface area (Å²) in [6, 6.07) is 10.0. The largest absolute Gasteiger partial charge is 0.507 e. The lowest BCUT2D eigenvalue weighted by atomic mass is 10.1. The lowest BCUT2D eigenvalue weighted by Crippen LogP contribution is -2.04. The van der Waals surface area contributed by atoms with Crippen LogP contribution in [0.4, 0.5) is 0 Å². The molecule has 0 amide bonds. The molecule has 0 radical (unpaired) electrons. The summed E-state index contributed by atoms with van der Waals surface area (Å²) < 4.78 is 16.2. The van der Waals surface area contributed by atoms with Crippen LogP contribution < -0.4 is 14.9 Å². The molecule has 3 rings (SSSR count). The summed E-state index contributed by atoms with van der Waals surface area (Å²) in [6.07, 6.45) is 0. The van der Waals surface area contributed by atoms with Gasteiger partial charge >= 0.3 is 0 Å². The molecule has 0 bridgehead atoms. The lowest BCUT2D eigenvalue weighted by Gasteiger charge is -2.11. The normalized spacial score (nSPS) is 10.7. The summed E-state index contributed by atoms with van der Waals surface area (Å²) in [6.45, 7) is 1.68. The molecule has 0 unspecified atom stereocenters. The minimum Gasteiger partial charge on any atom is -0.507 e. The molecule has 0 aliphatic rings. The van der Waals surface area contributed by atoms with Gasteiger partial charge in [-0.3, -0.25) is 4.79 Å². The predicted octanol–water partition coefficient (Wildman–Crippen LogP) is 3.49. The van der Waals surface area contributed by atoms with Gasteiger partial charge in [0, 0.05) is 23.3 Å². The summed E-state index contributed by atoms with van der Waals surface area (Å²) in [5.41, 5.74) is 1.30. The van der Waals surface area contributed by atoms with Crippen molar-refractivity contribution in [2.45, 2.75) is 6.92 Å². The summed E-state index contributed by atoms with van der Waals surface area (Å²) in [5, 5.41) is 10.3. The number of aromatic hydroxyl groups is 1. The van der Waals surface area contributed by atoms with E-state index < -0.39 is 0 Å². The van der Waals surface area contributed by atoms with Crippen LogP contribution in [0.5, 0.6) is 17.2 Å². The molecule has 0 aliphatic heterocycles. The SMILES string of the molecule is COc1ccc(-c2cc(=O)c3c(OC)c(C)c(O)cc3o2)cc1. The molecule has 5 heteroatoms. The van der Waals surface area contributed by atoms with Crippen molar-refractivity contribution in [2.24, 2.45) is 0 Å². The molecular formula is C18H16O5. The predicted molar refractivity (Wildman–Crippen MR) is 87.4 cm³/mol. The number of benzene rings is 2. The van der Waals surface area contributed by atoms with Gasteiger partial charge in [-0.15, -0.1) is 0 Å². The fourth-order valence-corrected chi connectivity index (χ4v) is 2.53. The van der Waals surface area contributed by atoms with Crippen LogP contribution in [0, 0.1) is 6.92 Å². The van der Waals surface area contributed by atoms with E-state index in [4.69, 9.17) is 13.9 Å². The molecule has 1 heterocycles. The first-order valence-electron chi connectivity index (χ1n) is 7.04. The number of phenolic OH excluding ortho intramolecular Hbond substituents is 1. The Morgan fingerprint density at radius 3 is 2.35 bits per heavy atom. The highest BCUT2D eigenvalue weighted by Crippen LogP contribution is 2.35. The molecule has 0 saturated carbocycles. The van der Waals surface area contributed by atoms with Crippen molar-refractivity contribution in [1.29, 1.82) is 0 Å². The van der Waals surface area contributed by atoms with Crippen LogP contribution in [0.1, 0.15) is 5.56 Å². The third kappa shape index (κ3) is 2.50. The quantitative estimate of drug-likeness (QED) is 0.801. The van der Waals surface area contributed by atoms with E-state index in [0.717, 1.165) is 5.56 Å². The number of ether oxygens (including phenoxy) is 2. The minimum absolute atomic E-state index is 0.0179. The van der Waals surface area contributed by atoms with Gasteiger partial charge in [0.05, 0.1) is 14.2 Å². The van der Waals surface area contributed by atoms with E-state index in [0.29, 0.717) is 28.2 Å². The van der Waals surface area contributed by atoms with Crippen LogP contribution in [0.3, 0.4) is 0 Å². The van der Waals surface area contributed by atoms with Gasteiger partial charge in [0.25, 0.3) is 0 Å². The van der Waals surface area contributed by atoms with Crippen molar-refractivity contribution in [1.82, 2.24) is 0 Å². The number of hydrogen-bond donors (Lipinski definition) is 1. The molecule has 0 fully saturated rings. The minimum atomic E-state index is -0.225. The van der Waals surface area contributed by atoms with E-state index in [-0.39, 0.29) is 16.8 Å². The van der Waals surface area contributed by atoms with Gasteiger partial charge in [-0.1, -0.05) is 0 Å². The van der Waals surface area contributed by atoms with Gasteiger partial charge in [0.1, 0.15) is 34.0 Å². The number of hydrogen-bond acceptors (Lipinski definition) is 5. The number of methoxy groups -OCH3 is 2. The third-order valence-electron chi connectivity index (χ3n) is 3.77. The van der Waals surface area contributed by atoms with Gasteiger partial charge in [0.2, 0.25) is 0 Å². The Hall–Kier alpha value is -2.95. The first kappa shape index (κ1) is 15.0. The highest BCUT2D eigenvalue weighted by atomic mass is 16.5. The van der Waals surface area contributed by atoms with Gasteiger partial charge < -0.3 is 19.0 Å². The Labute approximate surface area is 132 Å². The molecule has 0 aliphatic carbocycles. The van der Waals surface area contributed by atoms with Gasteiger partial charge in [-0.05, 0) is 31.2 Å². The molecule has 1 aromatic heterocycles. The van der Waals surface area contributed by atoms with Crippen molar-refractivity contribution in [3.63, 3.8) is 0 Å². The Morgan fingerprint density at radius 1 is 1.04 bits per heavy atom. The van der Waals surface area contributed by atoms with Crippen molar-refractivity contribution >= 4 is 11.0 Å². The molecular weight excluding hydrogens is 296 g/mol. The summed E-state index contributed by atoms with van der Waals surface area (Å²) >= 11 is 0. The molecule has 5 nitrogen and oxygen atoms in total. The van der Waals surface area contributed by atoms with Crippen molar-refractivity contribution in [3.8, 4) is 28.6 Å². The zero-order chi connectivity index (χ0) is 16.6. The first-order chi connectivity index (χ1) is 11.0. The van der Waals surface area contributed by atoms with E-state index in [2.05, 4.69) is 0 Å². The molecule has 0 atom stereocenters. The molecule has 1 N–H and O–H groups in total. The maximum atomic E-state index is 12.5. The van der Waals surface area contributed by atoms with E-state index in [1.54, 1.807) is 38.3 Å². The molecule has 3 aromatic rings. The second-order valence-corrected chi connectivity index (χ2v) is 5.13. The van der Waals surface area contributed by atoms with E-state index in [1.807, 2.05) is 0 Å². The monoisotopic (exact) mass is 312 g/mol. The molecule has 0 spiro atoms. The number of rotatable bonds is 3. The van der Waals surface area contributed by atoms with Gasteiger partial charge in [0.15, 0.2) is 5.43 Å². The second kappa shape index (κ2) is 5.68. The Morgan fingerprint density at radius 2 is 1.74 bits per heavy atom. The highest BCUT2D eigenvalue weighted by Gasteiger charge is 2.16. The maximum absolute atomic E-state index is 12.5. The second-order valence-electron chi connectivity index (χ2n) is 5.13. The first-order valence-corrected chi connectivity index (χ1v) is 7.04. The van der Waals surface area contributed by atoms with Crippen LogP contribution in [0.25, 0.3) is 22.3 Å². The maximum Gasteiger partial charge on any atom is 0.197 e. The van der Waals surface area contributed by atoms with Gasteiger partial charge in [-0.2, -0.15) is 0 Å². The van der Waals surface area contributed by atoms with Crippen LogP contribution in [-0.2, 0) is 0 Å². The fraction of sp³-hybridized carbons (Fsp3) is 0.167. The standard InChI is InChI=1S/C18H16O5/c1-10-13(19)8-16-17(18(10)22-3)14(20)9-15(23-16)11-4-6-12(21-2)7-5-11/h4-9,19H,1-3H3. The van der Waals surface area contributed by atoms with Crippen molar-refractivity contribution in [2.75, 3.05) is 14.2 Å². The highest BCUT2D eigenvalue weighted by molar-refractivity contribution is 5.88. The Balaban J connectivity index is 2.25. The lowest BCUT2D eigenvalue weighted by molar-refractivity contribution is 0.406. The zero-order valence-electron chi connectivity index (χ0n) is 13.0. The zero-order valence-corrected chi connectivity index (χ0v) is 13.0. The average molecular weight is 312 g/mol. The fourth-order valence-electron chi connectivity index (χ4n) is 2.53. The molecule has 2 aromatic carbocycles. The van der Waals surface area contributed by atoms with Crippen LogP contribution >= 0.6 is 0 Å². The van der Waals surface area contributed by atoms with Crippen LogP contribution in [-0.4, -0.2) is 19.3 Å². The molecule has 0 saturated heterocycles. The third-order valence-corrected chi connectivity index (χ3v) is 3.77. The van der Waals surface area contributed by atoms with Crippen LogP contribution in [0.15, 0.2) is 45.6 Å². The van der Waals surface area contributed by atoms with Crippen LogP contribution in [0.2, 0.25) is 0 Å². The number of fused-ring (bicyclic) bond motifs is 1.